The summed E-state index contributed by atoms with van der Waals surface area (Å²) in [5.41, 5.74) is 18.8. The molecule has 11 aromatic rings. The summed E-state index contributed by atoms with van der Waals surface area (Å²) in [6, 6.07) is 92.0. The molecule has 0 radical (unpaired) electrons. The largest absolute Gasteiger partial charge is 0.311 e. The molecule has 0 aliphatic heterocycles. The lowest BCUT2D eigenvalue weighted by Crippen LogP contribution is -2.09. The van der Waals surface area contributed by atoms with E-state index in [0.717, 1.165) is 22.7 Å². The highest BCUT2D eigenvalue weighted by Crippen LogP contribution is 2.41. The number of fused-ring (bicyclic) bond motifs is 3. The van der Waals surface area contributed by atoms with Crippen LogP contribution in [0.3, 0.4) is 0 Å². The van der Waals surface area contributed by atoms with Crippen molar-refractivity contribution >= 4 is 38.9 Å². The monoisotopic (exact) mass is 790 g/mol. The molecule has 0 atom stereocenters. The molecule has 0 fully saturated rings. The summed E-state index contributed by atoms with van der Waals surface area (Å²) in [6.07, 6.45) is 0. The van der Waals surface area contributed by atoms with Crippen molar-refractivity contribution in [3.05, 3.63) is 255 Å². The van der Waals surface area contributed by atoms with Crippen LogP contribution in [0.4, 0.5) is 17.1 Å². The summed E-state index contributed by atoms with van der Waals surface area (Å²) in [7, 11) is 0. The van der Waals surface area contributed by atoms with Gasteiger partial charge < -0.3 is 9.47 Å². The van der Waals surface area contributed by atoms with Crippen molar-refractivity contribution in [3.8, 4) is 61.3 Å². The average molecular weight is 791 g/mol. The predicted octanol–water partition coefficient (Wildman–Crippen LogP) is 16.6. The minimum absolute atomic E-state index is 1.10. The van der Waals surface area contributed by atoms with Crippen molar-refractivity contribution in [1.82, 2.24) is 4.57 Å². The highest BCUT2D eigenvalue weighted by Gasteiger charge is 2.18. The van der Waals surface area contributed by atoms with Gasteiger partial charge in [0.05, 0.1) is 11.0 Å². The fourth-order valence-electron chi connectivity index (χ4n) is 8.99. The normalized spacial score (nSPS) is 11.2. The number of nitrogens with zero attached hydrogens (tertiary/aromatic N) is 2. The maximum absolute atomic E-state index is 2.44. The van der Waals surface area contributed by atoms with Crippen LogP contribution in [0.1, 0.15) is 0 Å². The first-order valence-electron chi connectivity index (χ1n) is 21.3. The van der Waals surface area contributed by atoms with Crippen LogP contribution in [0, 0.1) is 0 Å². The summed E-state index contributed by atoms with van der Waals surface area (Å²) < 4.78 is 2.44. The van der Waals surface area contributed by atoms with E-state index in [-0.39, 0.29) is 0 Å². The maximum Gasteiger partial charge on any atom is 0.0541 e. The third-order valence-electron chi connectivity index (χ3n) is 12.0. The van der Waals surface area contributed by atoms with E-state index in [1.807, 2.05) is 0 Å². The molecule has 0 spiro atoms. The van der Waals surface area contributed by atoms with Crippen LogP contribution >= 0.6 is 0 Å². The van der Waals surface area contributed by atoms with Crippen LogP contribution in [0.15, 0.2) is 255 Å². The number of rotatable bonds is 9. The Morgan fingerprint density at radius 3 is 1.23 bits per heavy atom. The number of hydrogen-bond donors (Lipinski definition) is 0. The van der Waals surface area contributed by atoms with Gasteiger partial charge in [0.2, 0.25) is 0 Å². The highest BCUT2D eigenvalue weighted by molar-refractivity contribution is 6.11. The van der Waals surface area contributed by atoms with Gasteiger partial charge in [0.15, 0.2) is 0 Å². The van der Waals surface area contributed by atoms with Crippen molar-refractivity contribution in [1.29, 1.82) is 0 Å². The quantitative estimate of drug-likeness (QED) is 0.141. The van der Waals surface area contributed by atoms with E-state index >= 15 is 0 Å². The number of para-hydroxylation sites is 2. The topological polar surface area (TPSA) is 8.17 Å². The minimum atomic E-state index is 1.10. The molecule has 0 amide bonds. The minimum Gasteiger partial charge on any atom is -0.311 e. The lowest BCUT2D eigenvalue weighted by molar-refractivity contribution is 1.18. The number of aromatic nitrogens is 1. The third kappa shape index (κ3) is 6.94. The zero-order valence-corrected chi connectivity index (χ0v) is 34.1. The van der Waals surface area contributed by atoms with Gasteiger partial charge in [-0.15, -0.1) is 0 Å². The van der Waals surface area contributed by atoms with E-state index in [1.165, 1.54) is 77.4 Å². The summed E-state index contributed by atoms with van der Waals surface area (Å²) >= 11 is 0. The number of anilines is 3. The maximum atomic E-state index is 2.44. The van der Waals surface area contributed by atoms with Crippen molar-refractivity contribution in [2.75, 3.05) is 4.90 Å². The molecule has 2 nitrogen and oxygen atoms in total. The molecular formula is C60H42N2. The Morgan fingerprint density at radius 1 is 0.242 bits per heavy atom. The van der Waals surface area contributed by atoms with Gasteiger partial charge in [-0.1, -0.05) is 182 Å². The molecule has 0 unspecified atom stereocenters. The van der Waals surface area contributed by atoms with Crippen molar-refractivity contribution < 1.29 is 0 Å². The third-order valence-corrected chi connectivity index (χ3v) is 12.0. The molecule has 0 bridgehead atoms. The summed E-state index contributed by atoms with van der Waals surface area (Å²) in [6.45, 7) is 0. The Hall–Kier alpha value is -8.20. The molecule has 0 aliphatic rings. The zero-order chi connectivity index (χ0) is 41.2. The van der Waals surface area contributed by atoms with Gasteiger partial charge >= 0.3 is 0 Å². The molecule has 2 heteroatoms. The molecule has 292 valence electrons. The van der Waals surface area contributed by atoms with Crippen LogP contribution in [0.2, 0.25) is 0 Å². The zero-order valence-electron chi connectivity index (χ0n) is 34.1. The first-order valence-corrected chi connectivity index (χ1v) is 21.3. The second-order valence-electron chi connectivity index (χ2n) is 15.8. The second-order valence-corrected chi connectivity index (χ2v) is 15.8. The van der Waals surface area contributed by atoms with Gasteiger partial charge in [-0.25, -0.2) is 0 Å². The molecule has 62 heavy (non-hydrogen) atoms. The van der Waals surface area contributed by atoms with E-state index in [4.69, 9.17) is 0 Å². The molecule has 11 rings (SSSR count). The summed E-state index contributed by atoms with van der Waals surface area (Å²) in [5.74, 6) is 0. The standard InChI is InChI=1S/C60H42N2/c1-5-17-43(18-6-1)46-29-34-52(35-30-46)61(51-23-11-4-12-24-51)53-36-31-47(32-37-53)55-25-13-14-26-56(55)48-33-38-60-58(42-48)57-27-15-16-28-59(57)62(60)54-40-49(44-19-7-2-8-20-44)39-50(41-54)45-21-9-3-10-22-45/h1-42H. The summed E-state index contributed by atoms with van der Waals surface area (Å²) in [4.78, 5) is 2.33. The Kier molecular flexibility index (Phi) is 9.57. The van der Waals surface area contributed by atoms with Crippen LogP contribution < -0.4 is 4.90 Å². The fourth-order valence-corrected chi connectivity index (χ4v) is 8.99. The molecule has 10 aromatic carbocycles. The lowest BCUT2D eigenvalue weighted by Gasteiger charge is -2.26. The predicted molar refractivity (Wildman–Crippen MR) is 263 cm³/mol. The number of hydrogen-bond acceptors (Lipinski definition) is 1. The molecular weight excluding hydrogens is 749 g/mol. The molecule has 0 saturated carbocycles. The smallest absolute Gasteiger partial charge is 0.0541 e. The Labute approximate surface area is 362 Å². The Bertz CT molecular complexity index is 3240. The number of benzene rings is 10. The Balaban J connectivity index is 0.986. The molecule has 0 aliphatic carbocycles. The van der Waals surface area contributed by atoms with E-state index in [0.29, 0.717) is 0 Å². The van der Waals surface area contributed by atoms with Crippen LogP contribution in [0.5, 0.6) is 0 Å². The van der Waals surface area contributed by atoms with Gasteiger partial charge in [0, 0.05) is 33.5 Å². The van der Waals surface area contributed by atoms with Crippen LogP contribution in [0.25, 0.3) is 83.1 Å². The summed E-state index contributed by atoms with van der Waals surface area (Å²) in [5, 5.41) is 2.46. The van der Waals surface area contributed by atoms with Crippen LogP contribution in [-0.4, -0.2) is 4.57 Å². The van der Waals surface area contributed by atoms with Crippen molar-refractivity contribution in [3.63, 3.8) is 0 Å². The van der Waals surface area contributed by atoms with E-state index in [1.54, 1.807) is 0 Å². The van der Waals surface area contributed by atoms with Crippen molar-refractivity contribution in [2.45, 2.75) is 0 Å². The van der Waals surface area contributed by atoms with Crippen molar-refractivity contribution in [2.24, 2.45) is 0 Å². The van der Waals surface area contributed by atoms with Gasteiger partial charge in [-0.3, -0.25) is 0 Å². The van der Waals surface area contributed by atoms with Gasteiger partial charge in [-0.05, 0) is 128 Å². The fraction of sp³-hybridized carbons (Fsp3) is 0. The molecule has 1 aromatic heterocycles. The highest BCUT2D eigenvalue weighted by atomic mass is 15.1. The average Bonchev–Trinajstić information content (AvgIpc) is 3.69. The second kappa shape index (κ2) is 16.1. The SMILES string of the molecule is c1ccc(-c2ccc(N(c3ccccc3)c3ccc(-c4ccccc4-c4ccc5c(c4)c4ccccc4n5-c4cc(-c5ccccc5)cc(-c5ccccc5)c4)cc3)cc2)cc1. The Morgan fingerprint density at radius 2 is 0.645 bits per heavy atom. The first-order chi connectivity index (χ1) is 30.7. The molecule has 0 saturated heterocycles. The molecule has 0 N–H and O–H groups in total. The van der Waals surface area contributed by atoms with E-state index in [9.17, 15) is 0 Å². The van der Waals surface area contributed by atoms with Gasteiger partial charge in [-0.2, -0.15) is 0 Å². The molecule has 1 heterocycles. The first kappa shape index (κ1) is 36.8. The van der Waals surface area contributed by atoms with Gasteiger partial charge in [0.1, 0.15) is 0 Å². The van der Waals surface area contributed by atoms with Gasteiger partial charge in [0.25, 0.3) is 0 Å². The van der Waals surface area contributed by atoms with E-state index < -0.39 is 0 Å². The lowest BCUT2D eigenvalue weighted by atomic mass is 9.93. The van der Waals surface area contributed by atoms with E-state index in [2.05, 4.69) is 264 Å². The van der Waals surface area contributed by atoms with Crippen LogP contribution in [-0.2, 0) is 0 Å².